The molecule has 4 rings (SSSR count). The molecule has 1 saturated heterocycles. The molecule has 2 aliphatic heterocycles. The minimum Gasteiger partial charge on any atom is -0.475 e. The Hall–Kier alpha value is -4.21. The Morgan fingerprint density at radius 3 is 1.88 bits per heavy atom. The number of alkyl halides is 6. The van der Waals surface area contributed by atoms with Crippen LogP contribution in [0.25, 0.3) is 0 Å². The zero-order chi connectivity index (χ0) is 31.2. The molecule has 1 aromatic carbocycles. The molecule has 10 nitrogen and oxygen atoms in total. The maximum absolute atomic E-state index is 13.6. The largest absolute Gasteiger partial charge is 0.490 e. The molecule has 0 radical (unpaired) electrons. The maximum Gasteiger partial charge on any atom is 0.490 e. The third-order valence-corrected chi connectivity index (χ3v) is 6.08. The molecule has 2 aliphatic rings. The van der Waals surface area contributed by atoms with Crippen LogP contribution in [0.4, 0.5) is 37.7 Å². The standard InChI is InChI=1S/C21H24N4O2.2C2HF3O2/c1-23(2)15-19(26)24-12-9-21(10-13-24)17-7-3-4-8-18(17)25(20(21)27)16-6-5-11-22-14-16;2*3-2(4,5)1(6)7/h3-8,11,14H,9-10,12-13,15H2,1-2H3;2*(H,6,7). The lowest BCUT2D eigenvalue weighted by Crippen LogP contribution is -2.50. The summed E-state index contributed by atoms with van der Waals surface area (Å²) in [6, 6.07) is 11.8. The fourth-order valence-corrected chi connectivity index (χ4v) is 4.25. The highest BCUT2D eigenvalue weighted by atomic mass is 19.4. The average Bonchev–Trinajstić information content (AvgIpc) is 3.11. The van der Waals surface area contributed by atoms with Crippen LogP contribution in [0.1, 0.15) is 18.4 Å². The molecule has 0 saturated carbocycles. The quantitative estimate of drug-likeness (QED) is 0.519. The number of likely N-dealkylation sites (N-methyl/N-ethyl adjacent to an activating group) is 1. The number of aromatic nitrogens is 1. The van der Waals surface area contributed by atoms with Gasteiger partial charge in [-0.25, -0.2) is 9.59 Å². The fraction of sp³-hybridized carbons (Fsp3) is 0.400. The Kier molecular flexibility index (Phi) is 10.4. The maximum atomic E-state index is 13.6. The van der Waals surface area contributed by atoms with Gasteiger partial charge in [0.1, 0.15) is 0 Å². The normalized spacial score (nSPS) is 15.9. The molecule has 3 heterocycles. The van der Waals surface area contributed by atoms with Crippen molar-refractivity contribution < 1.29 is 55.7 Å². The summed E-state index contributed by atoms with van der Waals surface area (Å²) < 4.78 is 63.5. The van der Waals surface area contributed by atoms with E-state index in [9.17, 15) is 35.9 Å². The number of pyridine rings is 1. The number of halogens is 6. The fourth-order valence-electron chi connectivity index (χ4n) is 4.25. The van der Waals surface area contributed by atoms with Gasteiger partial charge >= 0.3 is 24.3 Å². The number of para-hydroxylation sites is 1. The number of hydrogen-bond donors (Lipinski definition) is 2. The van der Waals surface area contributed by atoms with E-state index in [-0.39, 0.29) is 11.8 Å². The van der Waals surface area contributed by atoms with E-state index in [1.165, 1.54) is 0 Å². The summed E-state index contributed by atoms with van der Waals surface area (Å²) in [4.78, 5) is 53.5. The highest BCUT2D eigenvalue weighted by Crippen LogP contribution is 2.50. The number of fused-ring (bicyclic) bond motifs is 2. The van der Waals surface area contributed by atoms with Crippen LogP contribution in [-0.2, 0) is 24.6 Å². The van der Waals surface area contributed by atoms with Crippen molar-refractivity contribution in [2.24, 2.45) is 0 Å². The number of rotatable bonds is 3. The number of likely N-dealkylation sites (tertiary alicyclic amines) is 1. The monoisotopic (exact) mass is 592 g/mol. The number of anilines is 2. The predicted octanol–water partition coefficient (Wildman–Crippen LogP) is 3.45. The molecular formula is C25H26F6N4O6. The molecule has 224 valence electrons. The van der Waals surface area contributed by atoms with E-state index in [1.807, 2.05) is 54.2 Å². The van der Waals surface area contributed by atoms with Gasteiger partial charge in [-0.2, -0.15) is 26.3 Å². The molecule has 41 heavy (non-hydrogen) atoms. The second-order valence-corrected chi connectivity index (χ2v) is 9.18. The van der Waals surface area contributed by atoms with E-state index in [2.05, 4.69) is 11.1 Å². The van der Waals surface area contributed by atoms with Gasteiger partial charge < -0.3 is 20.0 Å². The summed E-state index contributed by atoms with van der Waals surface area (Å²) in [5.41, 5.74) is 2.24. The Balaban J connectivity index is 0.000000349. The van der Waals surface area contributed by atoms with Crippen molar-refractivity contribution in [2.75, 3.05) is 38.6 Å². The zero-order valence-corrected chi connectivity index (χ0v) is 21.7. The second-order valence-electron chi connectivity index (χ2n) is 9.18. The van der Waals surface area contributed by atoms with Crippen molar-refractivity contribution >= 4 is 35.1 Å². The molecule has 0 unspecified atom stereocenters. The summed E-state index contributed by atoms with van der Waals surface area (Å²) >= 11 is 0. The molecule has 1 fully saturated rings. The molecule has 2 aromatic rings. The first-order chi connectivity index (χ1) is 18.9. The summed E-state index contributed by atoms with van der Waals surface area (Å²) in [5.74, 6) is -5.30. The van der Waals surface area contributed by atoms with Crippen molar-refractivity contribution in [3.63, 3.8) is 0 Å². The minimum atomic E-state index is -5.08. The zero-order valence-electron chi connectivity index (χ0n) is 21.7. The van der Waals surface area contributed by atoms with Crippen molar-refractivity contribution in [3.05, 3.63) is 54.4 Å². The first-order valence-corrected chi connectivity index (χ1v) is 11.8. The summed E-state index contributed by atoms with van der Waals surface area (Å²) in [6.45, 7) is 1.61. The van der Waals surface area contributed by atoms with E-state index in [0.29, 0.717) is 32.5 Å². The molecule has 0 atom stereocenters. The number of hydrogen-bond acceptors (Lipinski definition) is 6. The molecule has 1 aromatic heterocycles. The lowest BCUT2D eigenvalue weighted by molar-refractivity contribution is -0.193. The Morgan fingerprint density at radius 1 is 0.927 bits per heavy atom. The van der Waals surface area contributed by atoms with Crippen LogP contribution in [0.2, 0.25) is 0 Å². The van der Waals surface area contributed by atoms with Gasteiger partial charge in [0.25, 0.3) is 0 Å². The number of carboxylic acid groups (broad SMARTS) is 2. The van der Waals surface area contributed by atoms with Gasteiger partial charge in [0.2, 0.25) is 11.8 Å². The topological polar surface area (TPSA) is 131 Å². The third-order valence-electron chi connectivity index (χ3n) is 6.08. The van der Waals surface area contributed by atoms with Crippen LogP contribution in [0.15, 0.2) is 48.8 Å². The lowest BCUT2D eigenvalue weighted by Gasteiger charge is -2.38. The minimum absolute atomic E-state index is 0.0939. The highest BCUT2D eigenvalue weighted by Gasteiger charge is 2.52. The molecule has 16 heteroatoms. The van der Waals surface area contributed by atoms with Crippen LogP contribution in [0.5, 0.6) is 0 Å². The van der Waals surface area contributed by atoms with Gasteiger partial charge in [0.15, 0.2) is 0 Å². The van der Waals surface area contributed by atoms with Crippen LogP contribution in [0.3, 0.4) is 0 Å². The van der Waals surface area contributed by atoms with Gasteiger partial charge in [0.05, 0.1) is 29.5 Å². The predicted molar refractivity (Wildman–Crippen MR) is 131 cm³/mol. The molecular weight excluding hydrogens is 566 g/mol. The Morgan fingerprint density at radius 2 is 1.44 bits per heavy atom. The summed E-state index contributed by atoms with van der Waals surface area (Å²) in [7, 11) is 3.79. The Labute approximate surface area is 229 Å². The van der Waals surface area contributed by atoms with Crippen LogP contribution in [-0.4, -0.2) is 94.8 Å². The van der Waals surface area contributed by atoms with Crippen LogP contribution in [0, 0.1) is 0 Å². The van der Waals surface area contributed by atoms with E-state index < -0.39 is 29.7 Å². The van der Waals surface area contributed by atoms with Crippen molar-refractivity contribution in [1.29, 1.82) is 0 Å². The molecule has 0 bridgehead atoms. The van der Waals surface area contributed by atoms with Crippen LogP contribution < -0.4 is 4.90 Å². The molecule has 1 spiro atoms. The van der Waals surface area contributed by atoms with E-state index in [1.54, 1.807) is 17.3 Å². The molecule has 2 amide bonds. The number of piperidine rings is 1. The van der Waals surface area contributed by atoms with E-state index >= 15 is 0 Å². The van der Waals surface area contributed by atoms with Gasteiger partial charge in [0, 0.05) is 19.3 Å². The Bertz CT molecular complexity index is 1220. The number of aliphatic carboxylic acids is 2. The van der Waals surface area contributed by atoms with Gasteiger partial charge in [-0.15, -0.1) is 0 Å². The molecule has 0 aliphatic carbocycles. The number of carboxylic acids is 2. The van der Waals surface area contributed by atoms with Gasteiger partial charge in [-0.05, 0) is 50.7 Å². The first kappa shape index (κ1) is 33.0. The summed E-state index contributed by atoms with van der Waals surface area (Å²) in [5, 5.41) is 14.2. The second kappa shape index (κ2) is 13.0. The number of benzene rings is 1. The summed E-state index contributed by atoms with van der Waals surface area (Å²) in [6.07, 6.45) is -5.43. The molecule has 2 N–H and O–H groups in total. The number of nitrogens with zero attached hydrogens (tertiary/aromatic N) is 4. The number of carbonyl (C=O) groups is 4. The van der Waals surface area contributed by atoms with E-state index in [4.69, 9.17) is 19.8 Å². The lowest BCUT2D eigenvalue weighted by atomic mass is 9.73. The smallest absolute Gasteiger partial charge is 0.475 e. The van der Waals surface area contributed by atoms with Crippen LogP contribution >= 0.6 is 0 Å². The van der Waals surface area contributed by atoms with Crippen molar-refractivity contribution in [2.45, 2.75) is 30.6 Å². The van der Waals surface area contributed by atoms with Crippen molar-refractivity contribution in [1.82, 2.24) is 14.8 Å². The average molecular weight is 592 g/mol. The number of carbonyl (C=O) groups excluding carboxylic acids is 2. The number of amides is 2. The van der Waals surface area contributed by atoms with Crippen molar-refractivity contribution in [3.8, 4) is 0 Å². The SMILES string of the molecule is CN(C)CC(=O)N1CCC2(CC1)C(=O)N(c1cccnc1)c1ccccc12.O=C(O)C(F)(F)F.O=C(O)C(F)(F)F. The third kappa shape index (κ3) is 8.15. The van der Waals surface area contributed by atoms with Gasteiger partial charge in [-0.1, -0.05) is 18.2 Å². The van der Waals surface area contributed by atoms with E-state index in [0.717, 1.165) is 16.9 Å². The van der Waals surface area contributed by atoms with Gasteiger partial charge in [-0.3, -0.25) is 19.5 Å². The highest BCUT2D eigenvalue weighted by molar-refractivity contribution is 6.13. The first-order valence-electron chi connectivity index (χ1n) is 11.8.